The van der Waals surface area contributed by atoms with Crippen LogP contribution in [0.1, 0.15) is 25.7 Å². The maximum atomic E-state index is 12.4. The van der Waals surface area contributed by atoms with E-state index in [1.54, 1.807) is 12.2 Å². The van der Waals surface area contributed by atoms with Crippen molar-refractivity contribution in [2.45, 2.75) is 37.9 Å². The van der Waals surface area contributed by atoms with E-state index in [0.717, 1.165) is 22.6 Å². The molecule has 218 valence electrons. The molecule has 1 aliphatic rings. The molecule has 0 saturated heterocycles. The van der Waals surface area contributed by atoms with Gasteiger partial charge in [0.05, 0.1) is 39.6 Å². The average Bonchev–Trinajstić information content (AvgIpc) is 2.87. The molecule has 0 bridgehead atoms. The zero-order chi connectivity index (χ0) is 28.2. The van der Waals surface area contributed by atoms with Crippen LogP contribution in [0.3, 0.4) is 0 Å². The van der Waals surface area contributed by atoms with Crippen LogP contribution in [0.2, 0.25) is 0 Å². The van der Waals surface area contributed by atoms with Gasteiger partial charge in [0.1, 0.15) is 25.3 Å². The summed E-state index contributed by atoms with van der Waals surface area (Å²) >= 11 is 0. The second kappa shape index (κ2) is 20.1. The van der Waals surface area contributed by atoms with Crippen LogP contribution < -0.4 is 10.6 Å². The molecule has 0 saturated carbocycles. The number of carbonyl (C=O) groups excluding carboxylic acids is 4. The summed E-state index contributed by atoms with van der Waals surface area (Å²) in [5.74, 6) is -0.741. The molecule has 0 spiro atoms. The summed E-state index contributed by atoms with van der Waals surface area (Å²) in [5, 5.41) is 22.5. The number of rotatable bonds is 16. The quantitative estimate of drug-likeness (QED) is 0.142. The van der Waals surface area contributed by atoms with Crippen LogP contribution in [0.15, 0.2) is 12.2 Å². The first-order chi connectivity index (χ1) is 18.3. The maximum absolute atomic E-state index is 12.4. The summed E-state index contributed by atoms with van der Waals surface area (Å²) < 4.78 is 21.1. The molecule has 0 aliphatic heterocycles. The van der Waals surface area contributed by atoms with Gasteiger partial charge < -0.3 is 49.6 Å². The highest BCUT2D eigenvalue weighted by atomic mass is 16.6. The lowest BCUT2D eigenvalue weighted by Crippen LogP contribution is -2.41. The van der Waals surface area contributed by atoms with Gasteiger partial charge in [-0.15, -0.1) is 0 Å². The number of aliphatic hydroxyl groups excluding tert-OH is 2. The van der Waals surface area contributed by atoms with Crippen molar-refractivity contribution in [3.8, 4) is 0 Å². The minimum Gasteiger partial charge on any atom is -0.442 e. The predicted molar refractivity (Wildman–Crippen MR) is 135 cm³/mol. The SMILES string of the molecule is CN(CC(=O)NCCOCCO)C(=O)OC1/C=C/[C@H](OC(=O)N(C)CC(=O)NCCOCCO)CCCC1. The molecule has 4 N–H and O–H groups in total. The summed E-state index contributed by atoms with van der Waals surface area (Å²) in [6.07, 6.45) is 3.59. The Morgan fingerprint density at radius 1 is 0.737 bits per heavy atom. The Bertz CT molecular complexity index is 692. The third-order valence-corrected chi connectivity index (χ3v) is 5.27. The van der Waals surface area contributed by atoms with E-state index >= 15 is 0 Å². The molecule has 0 aromatic carbocycles. The van der Waals surface area contributed by atoms with Crippen molar-refractivity contribution < 1.29 is 48.3 Å². The fourth-order valence-corrected chi connectivity index (χ4v) is 3.30. The predicted octanol–water partition coefficient (Wildman–Crippen LogP) is -0.759. The number of hydrogen-bond donors (Lipinski definition) is 4. The lowest BCUT2D eigenvalue weighted by molar-refractivity contribution is -0.122. The molecule has 0 aromatic rings. The second-order valence-electron chi connectivity index (χ2n) is 8.60. The van der Waals surface area contributed by atoms with Gasteiger partial charge in [-0.05, 0) is 37.8 Å². The van der Waals surface area contributed by atoms with E-state index in [-0.39, 0.29) is 77.6 Å². The zero-order valence-electron chi connectivity index (χ0n) is 22.3. The molecule has 0 heterocycles. The average molecular weight is 547 g/mol. The van der Waals surface area contributed by atoms with Crippen LogP contribution >= 0.6 is 0 Å². The first-order valence-electron chi connectivity index (χ1n) is 12.7. The van der Waals surface area contributed by atoms with Crippen molar-refractivity contribution in [2.75, 3.05) is 79.9 Å². The minimum atomic E-state index is -0.659. The number of aliphatic hydroxyl groups is 2. The number of carbonyl (C=O) groups is 4. The van der Waals surface area contributed by atoms with Crippen LogP contribution in [0.5, 0.6) is 0 Å². The highest BCUT2D eigenvalue weighted by Crippen LogP contribution is 2.18. The molecule has 14 nitrogen and oxygen atoms in total. The van der Waals surface area contributed by atoms with Gasteiger partial charge in [-0.1, -0.05) is 0 Å². The molecule has 2 atom stereocenters. The summed E-state index contributed by atoms with van der Waals surface area (Å²) in [5.41, 5.74) is 0. The monoisotopic (exact) mass is 546 g/mol. The van der Waals surface area contributed by atoms with Crippen molar-refractivity contribution in [3.05, 3.63) is 12.2 Å². The third kappa shape index (κ3) is 15.3. The Kier molecular flexibility index (Phi) is 17.5. The lowest BCUT2D eigenvalue weighted by atomic mass is 10.0. The smallest absolute Gasteiger partial charge is 0.410 e. The fraction of sp³-hybridized carbons (Fsp3) is 0.750. The Labute approximate surface area is 223 Å². The van der Waals surface area contributed by atoms with Crippen LogP contribution in [0, 0.1) is 0 Å². The van der Waals surface area contributed by atoms with E-state index in [2.05, 4.69) is 10.6 Å². The maximum Gasteiger partial charge on any atom is 0.410 e. The standard InChI is InChI=1S/C24H42N4O10/c1-27(17-21(31)25-9-13-35-15-11-29)23(33)37-19-5-3-4-6-20(8-7-19)38-24(34)28(2)18-22(32)26-10-14-36-16-12-30/h7-8,19-20,29-30H,3-6,9-18H2,1-2H3,(H,25,31)(H,26,32)/b8-7+/t19-,20?/m1/s1. The van der Waals surface area contributed by atoms with Gasteiger partial charge in [-0.25, -0.2) is 9.59 Å². The molecule has 1 rings (SSSR count). The zero-order valence-corrected chi connectivity index (χ0v) is 22.3. The molecule has 4 amide bonds. The van der Waals surface area contributed by atoms with Gasteiger partial charge in [0.15, 0.2) is 0 Å². The molecule has 1 unspecified atom stereocenters. The number of nitrogens with zero attached hydrogens (tertiary/aromatic N) is 2. The van der Waals surface area contributed by atoms with Crippen LogP contribution in [0.4, 0.5) is 9.59 Å². The number of hydrogen-bond acceptors (Lipinski definition) is 10. The fourth-order valence-electron chi connectivity index (χ4n) is 3.30. The first-order valence-corrected chi connectivity index (χ1v) is 12.7. The van der Waals surface area contributed by atoms with E-state index in [9.17, 15) is 19.2 Å². The Hall–Kier alpha value is -2.94. The van der Waals surface area contributed by atoms with Crippen LogP contribution in [-0.2, 0) is 28.5 Å². The van der Waals surface area contributed by atoms with E-state index < -0.39 is 24.4 Å². The lowest BCUT2D eigenvalue weighted by Gasteiger charge is -2.24. The van der Waals surface area contributed by atoms with E-state index in [1.165, 1.54) is 14.1 Å². The minimum absolute atomic E-state index is 0.0959. The normalized spacial score (nSPS) is 17.9. The number of ether oxygens (including phenoxy) is 4. The van der Waals surface area contributed by atoms with Crippen molar-refractivity contribution in [1.82, 2.24) is 20.4 Å². The van der Waals surface area contributed by atoms with Crippen molar-refractivity contribution >= 4 is 24.0 Å². The molecular formula is C24H42N4O10. The van der Waals surface area contributed by atoms with Crippen LogP contribution in [-0.4, -0.2) is 136 Å². The first kappa shape index (κ1) is 33.1. The van der Waals surface area contributed by atoms with Crippen LogP contribution in [0.25, 0.3) is 0 Å². The molecule has 0 fully saturated rings. The Morgan fingerprint density at radius 3 is 1.50 bits per heavy atom. The van der Waals surface area contributed by atoms with E-state index in [0.29, 0.717) is 12.8 Å². The molecule has 38 heavy (non-hydrogen) atoms. The number of nitrogens with one attached hydrogen (secondary N) is 2. The second-order valence-corrected chi connectivity index (χ2v) is 8.60. The highest BCUT2D eigenvalue weighted by molar-refractivity contribution is 5.82. The van der Waals surface area contributed by atoms with Gasteiger partial charge >= 0.3 is 12.2 Å². The highest BCUT2D eigenvalue weighted by Gasteiger charge is 2.22. The third-order valence-electron chi connectivity index (χ3n) is 5.27. The number of likely N-dealkylation sites (N-methyl/N-ethyl adjacent to an activating group) is 2. The van der Waals surface area contributed by atoms with Gasteiger partial charge in [0.2, 0.25) is 11.8 Å². The van der Waals surface area contributed by atoms with E-state index in [4.69, 9.17) is 29.2 Å². The van der Waals surface area contributed by atoms with E-state index in [1.807, 2.05) is 0 Å². The molecule has 0 radical (unpaired) electrons. The summed E-state index contributed by atoms with van der Waals surface area (Å²) in [6.45, 7) is 0.829. The molecule has 14 heteroatoms. The largest absolute Gasteiger partial charge is 0.442 e. The van der Waals surface area contributed by atoms with Crippen molar-refractivity contribution in [3.63, 3.8) is 0 Å². The van der Waals surface area contributed by atoms with Gasteiger partial charge in [-0.2, -0.15) is 0 Å². The van der Waals surface area contributed by atoms with Gasteiger partial charge in [0.25, 0.3) is 0 Å². The van der Waals surface area contributed by atoms with Gasteiger partial charge in [0, 0.05) is 27.2 Å². The summed E-state index contributed by atoms with van der Waals surface area (Å²) in [7, 11) is 2.91. The Morgan fingerprint density at radius 2 is 1.13 bits per heavy atom. The Balaban J connectivity index is 2.43. The summed E-state index contributed by atoms with van der Waals surface area (Å²) in [6, 6.07) is 0. The van der Waals surface area contributed by atoms with Crippen molar-refractivity contribution in [1.29, 1.82) is 0 Å². The van der Waals surface area contributed by atoms with Gasteiger partial charge in [-0.3, -0.25) is 9.59 Å². The molecule has 0 aromatic heterocycles. The molecular weight excluding hydrogens is 504 g/mol. The summed E-state index contributed by atoms with van der Waals surface area (Å²) in [4.78, 5) is 51.1. The molecule has 1 aliphatic carbocycles. The van der Waals surface area contributed by atoms with Crippen molar-refractivity contribution in [2.24, 2.45) is 0 Å². The number of amides is 4. The topological polar surface area (TPSA) is 176 Å².